The summed E-state index contributed by atoms with van der Waals surface area (Å²) in [5, 5.41) is 20.0. The van der Waals surface area contributed by atoms with Gasteiger partial charge in [0.2, 0.25) is 5.88 Å². The Labute approximate surface area is 225 Å². The first-order valence-electron chi connectivity index (χ1n) is 12.5. The molecule has 37 heavy (non-hydrogen) atoms. The minimum absolute atomic E-state index is 0.00610. The van der Waals surface area contributed by atoms with E-state index in [2.05, 4.69) is 51.8 Å². The number of halogens is 1. The van der Waals surface area contributed by atoms with E-state index in [0.717, 1.165) is 28.3 Å². The average molecular weight is 570 g/mol. The van der Waals surface area contributed by atoms with Gasteiger partial charge in [-0.1, -0.05) is 36.7 Å². The van der Waals surface area contributed by atoms with E-state index < -0.39 is 5.91 Å². The van der Waals surface area contributed by atoms with Crippen molar-refractivity contribution in [3.8, 4) is 17.4 Å². The summed E-state index contributed by atoms with van der Waals surface area (Å²) in [5.74, 6) is 0.688. The molecular formula is C28H33BrN4O4. The lowest BCUT2D eigenvalue weighted by atomic mass is 9.65. The van der Waals surface area contributed by atoms with E-state index in [9.17, 15) is 9.90 Å². The summed E-state index contributed by atoms with van der Waals surface area (Å²) in [5.41, 5.74) is 1.73. The van der Waals surface area contributed by atoms with Crippen LogP contribution < -0.4 is 9.47 Å². The van der Waals surface area contributed by atoms with Crippen LogP contribution in [0.2, 0.25) is 0 Å². The fraction of sp³-hybridized carbons (Fsp3) is 0.464. The Kier molecular flexibility index (Phi) is 6.79. The number of carbonyl (C=O) groups excluding carboxylic acids is 1. The number of hydrogen-bond acceptors (Lipinski definition) is 6. The number of aromatic nitrogens is 1. The van der Waals surface area contributed by atoms with Crippen LogP contribution in [0.3, 0.4) is 0 Å². The van der Waals surface area contributed by atoms with Crippen LogP contribution in [0.1, 0.15) is 40.0 Å². The molecule has 0 radical (unpaired) electrons. The topological polar surface area (TPSA) is 88.6 Å². The van der Waals surface area contributed by atoms with E-state index >= 15 is 0 Å². The van der Waals surface area contributed by atoms with Crippen LogP contribution in [0.4, 0.5) is 5.69 Å². The molecule has 1 aliphatic heterocycles. The van der Waals surface area contributed by atoms with Crippen LogP contribution in [-0.4, -0.2) is 46.8 Å². The first-order chi connectivity index (χ1) is 17.6. The number of methoxy groups -OCH3 is 1. The maximum Gasteiger partial charge on any atom is 0.302 e. The van der Waals surface area contributed by atoms with Crippen molar-refractivity contribution >= 4 is 38.4 Å². The molecule has 1 saturated heterocycles. The summed E-state index contributed by atoms with van der Waals surface area (Å²) in [6.45, 7) is 8.39. The number of likely N-dealkylation sites (tertiary alicyclic amines) is 1. The van der Waals surface area contributed by atoms with Crippen molar-refractivity contribution in [2.75, 3.05) is 20.3 Å². The van der Waals surface area contributed by atoms with E-state index in [1.807, 2.05) is 22.8 Å². The second kappa shape index (κ2) is 9.76. The second-order valence-electron chi connectivity index (χ2n) is 11.4. The van der Waals surface area contributed by atoms with Crippen molar-refractivity contribution in [1.82, 2.24) is 9.47 Å². The van der Waals surface area contributed by atoms with Gasteiger partial charge in [-0.15, -0.1) is 10.2 Å². The predicted octanol–water partition coefficient (Wildman–Crippen LogP) is 6.67. The Morgan fingerprint density at radius 1 is 1.14 bits per heavy atom. The second-order valence-corrected chi connectivity index (χ2v) is 12.3. The monoisotopic (exact) mass is 568 g/mol. The molecule has 9 heteroatoms. The van der Waals surface area contributed by atoms with E-state index in [4.69, 9.17) is 9.47 Å². The summed E-state index contributed by atoms with van der Waals surface area (Å²) in [6.07, 6.45) is 3.53. The number of nitrogens with zero attached hydrogens (tertiary/aromatic N) is 4. The molecule has 1 amide bonds. The summed E-state index contributed by atoms with van der Waals surface area (Å²) in [4.78, 5) is 14.9. The number of hydrogen-bond donors (Lipinski definition) is 1. The first-order valence-corrected chi connectivity index (χ1v) is 13.3. The van der Waals surface area contributed by atoms with Gasteiger partial charge in [0.25, 0.3) is 0 Å². The van der Waals surface area contributed by atoms with Gasteiger partial charge in [-0.05, 0) is 72.6 Å². The van der Waals surface area contributed by atoms with Crippen LogP contribution in [0.25, 0.3) is 10.9 Å². The molecule has 3 aromatic rings. The lowest BCUT2D eigenvalue weighted by Gasteiger charge is -2.40. The molecule has 1 aliphatic carbocycles. The molecule has 2 bridgehead atoms. The smallest absolute Gasteiger partial charge is 0.302 e. The number of azo groups is 1. The highest BCUT2D eigenvalue weighted by Crippen LogP contribution is 2.53. The lowest BCUT2D eigenvalue weighted by molar-refractivity contribution is -0.120. The molecule has 8 nitrogen and oxygen atoms in total. The summed E-state index contributed by atoms with van der Waals surface area (Å²) >= 11 is 3.52. The van der Waals surface area contributed by atoms with Gasteiger partial charge in [0.05, 0.1) is 19.3 Å². The molecule has 1 aromatic heterocycles. The summed E-state index contributed by atoms with van der Waals surface area (Å²) in [6, 6.07) is 13.2. The van der Waals surface area contributed by atoms with Crippen LogP contribution in [0.15, 0.2) is 57.2 Å². The van der Waals surface area contributed by atoms with Gasteiger partial charge < -0.3 is 14.6 Å². The Balaban J connectivity index is 1.36. The largest absolute Gasteiger partial charge is 0.497 e. The number of ether oxygens (including phenoxy) is 2. The number of benzene rings is 2. The number of rotatable bonds is 7. The van der Waals surface area contributed by atoms with Crippen LogP contribution in [-0.2, 0) is 11.5 Å². The minimum Gasteiger partial charge on any atom is -0.497 e. The number of amides is 1. The summed E-state index contributed by atoms with van der Waals surface area (Å²) in [7, 11) is 1.59. The lowest BCUT2D eigenvalue weighted by Crippen LogP contribution is -2.35. The van der Waals surface area contributed by atoms with Crippen molar-refractivity contribution < 1.29 is 19.4 Å². The molecule has 2 fully saturated rings. The van der Waals surface area contributed by atoms with Crippen molar-refractivity contribution in [3.05, 3.63) is 46.9 Å². The molecule has 2 aromatic carbocycles. The van der Waals surface area contributed by atoms with E-state index in [1.54, 1.807) is 31.4 Å². The molecule has 196 valence electrons. The van der Waals surface area contributed by atoms with Crippen LogP contribution >= 0.6 is 15.9 Å². The molecule has 2 atom stereocenters. The van der Waals surface area contributed by atoms with Crippen molar-refractivity contribution in [1.29, 1.82) is 0 Å². The summed E-state index contributed by atoms with van der Waals surface area (Å²) < 4.78 is 13.4. The van der Waals surface area contributed by atoms with Crippen molar-refractivity contribution in [2.45, 2.75) is 52.7 Å². The Bertz CT molecular complexity index is 1350. The third kappa shape index (κ3) is 5.38. The molecule has 1 saturated carbocycles. The van der Waals surface area contributed by atoms with Gasteiger partial charge in [0.15, 0.2) is 12.3 Å². The minimum atomic E-state index is -0.547. The van der Waals surface area contributed by atoms with Gasteiger partial charge in [-0.2, -0.15) is 0 Å². The molecule has 2 aliphatic rings. The quantitative estimate of drug-likeness (QED) is 0.321. The fourth-order valence-electron chi connectivity index (χ4n) is 6.41. The van der Waals surface area contributed by atoms with Gasteiger partial charge in [0, 0.05) is 22.4 Å². The average Bonchev–Trinajstić information content (AvgIpc) is 3.24. The van der Waals surface area contributed by atoms with Crippen LogP contribution in [0.5, 0.6) is 17.4 Å². The molecule has 0 spiro atoms. The maximum atomic E-state index is 12.4. The third-order valence-electron chi connectivity index (χ3n) is 7.50. The zero-order chi connectivity index (χ0) is 26.4. The molecular weight excluding hydrogens is 536 g/mol. The molecule has 1 N–H and O–H groups in total. The number of carbonyl (C=O) groups is 1. The Morgan fingerprint density at radius 2 is 1.86 bits per heavy atom. The Hall–Kier alpha value is -2.91. The molecule has 2 heterocycles. The maximum absolute atomic E-state index is 12.4. The highest BCUT2D eigenvalue weighted by molar-refractivity contribution is 9.10. The zero-order valence-electron chi connectivity index (χ0n) is 21.7. The van der Waals surface area contributed by atoms with Gasteiger partial charge in [-0.3, -0.25) is 14.3 Å². The highest BCUT2D eigenvalue weighted by Gasteiger charge is 2.49. The predicted molar refractivity (Wildman–Crippen MR) is 146 cm³/mol. The molecule has 0 unspecified atom stereocenters. The SMILES string of the molecule is COc1ccc(OCC(=O)N=Nc2c(O)n(CN3C[C@]4(C)C[C@@H]3CC(C)(C)C4)c3ccc(Br)cc23)cc1. The van der Waals surface area contributed by atoms with Gasteiger partial charge >= 0.3 is 5.91 Å². The van der Waals surface area contributed by atoms with Crippen molar-refractivity contribution in [3.63, 3.8) is 0 Å². The first kappa shape index (κ1) is 25.7. The normalized spacial score (nSPS) is 23.1. The van der Waals surface area contributed by atoms with E-state index in [0.29, 0.717) is 29.6 Å². The third-order valence-corrected chi connectivity index (χ3v) is 7.99. The fourth-order valence-corrected chi connectivity index (χ4v) is 6.77. The Morgan fingerprint density at radius 3 is 2.59 bits per heavy atom. The highest BCUT2D eigenvalue weighted by atomic mass is 79.9. The van der Waals surface area contributed by atoms with Gasteiger partial charge in [-0.25, -0.2) is 0 Å². The number of fused-ring (bicyclic) bond motifs is 3. The van der Waals surface area contributed by atoms with E-state index in [-0.39, 0.29) is 23.6 Å². The van der Waals surface area contributed by atoms with Gasteiger partial charge in [0.1, 0.15) is 11.5 Å². The van der Waals surface area contributed by atoms with Crippen LogP contribution in [0, 0.1) is 10.8 Å². The van der Waals surface area contributed by atoms with E-state index in [1.165, 1.54) is 12.8 Å². The zero-order valence-corrected chi connectivity index (χ0v) is 23.3. The number of aromatic hydroxyl groups is 1. The standard InChI is InChI=1S/C28H33BrN4O4/c1-27(2)12-19-13-28(3,15-27)16-32(19)17-33-23-10-5-18(29)11-22(23)25(26(33)35)31-30-24(34)14-37-21-8-6-20(36-4)7-9-21/h5-11,19,35H,12-17H2,1-4H3/t19-,28+/m0/s1. The molecule has 5 rings (SSSR count). The van der Waals surface area contributed by atoms with Crippen molar-refractivity contribution in [2.24, 2.45) is 21.1 Å².